The van der Waals surface area contributed by atoms with Gasteiger partial charge >= 0.3 is 0 Å². The largest absolute Gasteiger partial charge is 0.326 e. The summed E-state index contributed by atoms with van der Waals surface area (Å²) in [6, 6.07) is 19.1. The zero-order valence-electron chi connectivity index (χ0n) is 15.8. The van der Waals surface area contributed by atoms with E-state index >= 15 is 0 Å². The van der Waals surface area contributed by atoms with Crippen LogP contribution in [-0.2, 0) is 14.8 Å². The maximum atomic E-state index is 12.4. The summed E-state index contributed by atoms with van der Waals surface area (Å²) in [7, 11) is -3.73. The van der Waals surface area contributed by atoms with E-state index in [-0.39, 0.29) is 16.7 Å². The molecule has 0 saturated carbocycles. The van der Waals surface area contributed by atoms with Crippen LogP contribution >= 0.6 is 15.9 Å². The molecular formula is C21H18BrN3O4S. The molecule has 0 aromatic heterocycles. The van der Waals surface area contributed by atoms with Gasteiger partial charge in [0.2, 0.25) is 5.91 Å². The maximum Gasteiger partial charge on any atom is 0.261 e. The standard InChI is InChI=1S/C21H18BrN3O4S/c1-14(26)23-17-8-10-18(11-9-17)24-21(27)15-2-6-19(7-3-15)25-30(28,29)20-12-4-16(22)5-13-20/h2-13,25H,1H3,(H,23,26)(H,24,27). The summed E-state index contributed by atoms with van der Waals surface area (Å²) in [4.78, 5) is 23.6. The molecule has 0 bridgehead atoms. The predicted octanol–water partition coefficient (Wildman–Crippen LogP) is 4.46. The molecule has 3 aromatic carbocycles. The molecule has 0 spiro atoms. The summed E-state index contributed by atoms with van der Waals surface area (Å²) >= 11 is 3.27. The topological polar surface area (TPSA) is 104 Å². The van der Waals surface area contributed by atoms with Gasteiger partial charge in [0.15, 0.2) is 0 Å². The fraction of sp³-hybridized carbons (Fsp3) is 0.0476. The second-order valence-electron chi connectivity index (χ2n) is 6.35. The average molecular weight is 488 g/mol. The van der Waals surface area contributed by atoms with Crippen molar-refractivity contribution in [1.29, 1.82) is 0 Å². The lowest BCUT2D eigenvalue weighted by atomic mass is 10.2. The molecule has 30 heavy (non-hydrogen) atoms. The molecule has 9 heteroatoms. The van der Waals surface area contributed by atoms with Crippen LogP contribution in [0.1, 0.15) is 17.3 Å². The first-order chi connectivity index (χ1) is 14.2. The summed E-state index contributed by atoms with van der Waals surface area (Å²) in [5.41, 5.74) is 1.90. The lowest BCUT2D eigenvalue weighted by molar-refractivity contribution is -0.114. The van der Waals surface area contributed by atoms with Gasteiger partial charge in [-0.2, -0.15) is 0 Å². The molecular weight excluding hydrogens is 470 g/mol. The zero-order chi connectivity index (χ0) is 21.7. The minimum atomic E-state index is -3.73. The first kappa shape index (κ1) is 21.5. The maximum absolute atomic E-state index is 12.4. The van der Waals surface area contributed by atoms with Gasteiger partial charge < -0.3 is 10.6 Å². The van der Waals surface area contributed by atoms with Gasteiger partial charge in [-0.15, -0.1) is 0 Å². The summed E-state index contributed by atoms with van der Waals surface area (Å²) < 4.78 is 28.1. The smallest absolute Gasteiger partial charge is 0.261 e. The molecule has 0 unspecified atom stereocenters. The van der Waals surface area contributed by atoms with Crippen molar-refractivity contribution in [3.05, 3.63) is 82.8 Å². The van der Waals surface area contributed by atoms with Crippen molar-refractivity contribution < 1.29 is 18.0 Å². The fourth-order valence-electron chi connectivity index (χ4n) is 2.56. The van der Waals surface area contributed by atoms with Gasteiger partial charge in [0.1, 0.15) is 0 Å². The number of nitrogens with one attached hydrogen (secondary N) is 3. The normalized spacial score (nSPS) is 10.9. The molecule has 0 aliphatic rings. The van der Waals surface area contributed by atoms with E-state index in [2.05, 4.69) is 31.3 Å². The second-order valence-corrected chi connectivity index (χ2v) is 8.95. The Morgan fingerprint density at radius 2 is 1.23 bits per heavy atom. The molecule has 7 nitrogen and oxygen atoms in total. The van der Waals surface area contributed by atoms with Crippen LogP contribution in [0.3, 0.4) is 0 Å². The van der Waals surface area contributed by atoms with Gasteiger partial charge in [-0.05, 0) is 72.8 Å². The molecule has 0 atom stereocenters. The number of carbonyl (C=O) groups is 2. The number of sulfonamides is 1. The SMILES string of the molecule is CC(=O)Nc1ccc(NC(=O)c2ccc(NS(=O)(=O)c3ccc(Br)cc3)cc2)cc1. The van der Waals surface area contributed by atoms with Crippen molar-refractivity contribution in [2.45, 2.75) is 11.8 Å². The second kappa shape index (κ2) is 9.10. The van der Waals surface area contributed by atoms with Crippen LogP contribution in [0.25, 0.3) is 0 Å². The van der Waals surface area contributed by atoms with Crippen molar-refractivity contribution in [3.8, 4) is 0 Å². The fourth-order valence-corrected chi connectivity index (χ4v) is 3.88. The van der Waals surface area contributed by atoms with Gasteiger partial charge in [0.05, 0.1) is 4.90 Å². The molecule has 3 aromatic rings. The van der Waals surface area contributed by atoms with Crippen LogP contribution in [-0.4, -0.2) is 20.2 Å². The number of amides is 2. The molecule has 0 heterocycles. The van der Waals surface area contributed by atoms with Gasteiger partial charge in [0, 0.05) is 34.0 Å². The summed E-state index contributed by atoms with van der Waals surface area (Å²) in [5.74, 6) is -0.521. The zero-order valence-corrected chi connectivity index (χ0v) is 18.2. The summed E-state index contributed by atoms with van der Waals surface area (Å²) in [5, 5.41) is 5.39. The highest BCUT2D eigenvalue weighted by Gasteiger charge is 2.14. The molecule has 2 amide bonds. The van der Waals surface area contributed by atoms with Crippen LogP contribution in [0.5, 0.6) is 0 Å². The third kappa shape index (κ3) is 5.68. The quantitative estimate of drug-likeness (QED) is 0.477. The Hall–Kier alpha value is -3.17. The van der Waals surface area contributed by atoms with Crippen LogP contribution < -0.4 is 15.4 Å². The Morgan fingerprint density at radius 3 is 1.77 bits per heavy atom. The summed E-state index contributed by atoms with van der Waals surface area (Å²) in [6.07, 6.45) is 0. The highest BCUT2D eigenvalue weighted by molar-refractivity contribution is 9.10. The minimum absolute atomic E-state index is 0.134. The lowest BCUT2D eigenvalue weighted by Crippen LogP contribution is -2.14. The molecule has 0 aliphatic heterocycles. The lowest BCUT2D eigenvalue weighted by Gasteiger charge is -2.10. The predicted molar refractivity (Wildman–Crippen MR) is 120 cm³/mol. The van der Waals surface area contributed by atoms with E-state index < -0.39 is 10.0 Å². The Kier molecular flexibility index (Phi) is 6.53. The number of hydrogen-bond donors (Lipinski definition) is 3. The number of halogens is 1. The Balaban J connectivity index is 1.65. The highest BCUT2D eigenvalue weighted by atomic mass is 79.9. The van der Waals surface area contributed by atoms with E-state index in [1.807, 2.05) is 0 Å². The van der Waals surface area contributed by atoms with Crippen molar-refractivity contribution in [1.82, 2.24) is 0 Å². The van der Waals surface area contributed by atoms with Crippen molar-refractivity contribution >= 4 is 54.8 Å². The van der Waals surface area contributed by atoms with E-state index in [1.165, 1.54) is 43.3 Å². The first-order valence-electron chi connectivity index (χ1n) is 8.80. The third-order valence-corrected chi connectivity index (χ3v) is 5.91. The Morgan fingerprint density at radius 1 is 0.733 bits per heavy atom. The molecule has 154 valence electrons. The number of hydrogen-bond acceptors (Lipinski definition) is 4. The van der Waals surface area contributed by atoms with Crippen LogP contribution in [0.2, 0.25) is 0 Å². The van der Waals surface area contributed by atoms with Crippen molar-refractivity contribution in [2.24, 2.45) is 0 Å². The van der Waals surface area contributed by atoms with Crippen LogP contribution in [0.15, 0.2) is 82.2 Å². The molecule has 3 rings (SSSR count). The van der Waals surface area contributed by atoms with Crippen LogP contribution in [0, 0.1) is 0 Å². The molecule has 0 radical (unpaired) electrons. The number of carbonyl (C=O) groups excluding carboxylic acids is 2. The number of benzene rings is 3. The van der Waals surface area contributed by atoms with E-state index in [9.17, 15) is 18.0 Å². The first-order valence-corrected chi connectivity index (χ1v) is 11.1. The molecule has 0 saturated heterocycles. The number of anilines is 3. The van der Waals surface area contributed by atoms with Crippen LogP contribution in [0.4, 0.5) is 17.1 Å². The number of rotatable bonds is 6. The van der Waals surface area contributed by atoms with Gasteiger partial charge in [-0.1, -0.05) is 15.9 Å². The summed E-state index contributed by atoms with van der Waals surface area (Å²) in [6.45, 7) is 1.42. The van der Waals surface area contributed by atoms with E-state index in [0.29, 0.717) is 22.6 Å². The Bertz CT molecular complexity index is 1160. The van der Waals surface area contributed by atoms with Gasteiger partial charge in [-0.3, -0.25) is 14.3 Å². The average Bonchev–Trinajstić information content (AvgIpc) is 2.69. The van der Waals surface area contributed by atoms with E-state index in [4.69, 9.17) is 0 Å². The Labute approximate surface area is 182 Å². The van der Waals surface area contributed by atoms with Crippen molar-refractivity contribution in [2.75, 3.05) is 15.4 Å². The molecule has 3 N–H and O–H groups in total. The molecule has 0 fully saturated rings. The minimum Gasteiger partial charge on any atom is -0.326 e. The highest BCUT2D eigenvalue weighted by Crippen LogP contribution is 2.20. The van der Waals surface area contributed by atoms with E-state index in [1.54, 1.807) is 36.4 Å². The van der Waals surface area contributed by atoms with Gasteiger partial charge in [-0.25, -0.2) is 8.42 Å². The monoisotopic (exact) mass is 487 g/mol. The van der Waals surface area contributed by atoms with Gasteiger partial charge in [0.25, 0.3) is 15.9 Å². The van der Waals surface area contributed by atoms with E-state index in [0.717, 1.165) is 4.47 Å². The molecule has 0 aliphatic carbocycles. The van der Waals surface area contributed by atoms with Crippen molar-refractivity contribution in [3.63, 3.8) is 0 Å². The third-order valence-electron chi connectivity index (χ3n) is 3.99.